The number of hydrogen-bond acceptors (Lipinski definition) is 2. The molecule has 2 aliphatic rings. The van der Waals surface area contributed by atoms with E-state index in [-0.39, 0.29) is 5.41 Å². The van der Waals surface area contributed by atoms with E-state index in [4.69, 9.17) is 0 Å². The summed E-state index contributed by atoms with van der Waals surface area (Å²) in [6.07, 6.45) is 6.56. The Labute approximate surface area is 161 Å². The molecule has 2 aromatic carbocycles. The van der Waals surface area contributed by atoms with E-state index in [0.717, 1.165) is 44.9 Å². The molecule has 0 aromatic heterocycles. The molecule has 0 bridgehead atoms. The van der Waals surface area contributed by atoms with Crippen molar-refractivity contribution in [1.82, 2.24) is 0 Å². The summed E-state index contributed by atoms with van der Waals surface area (Å²) in [6, 6.07) is 16.3. The average Bonchev–Trinajstić information content (AvgIpc) is 2.78. The van der Waals surface area contributed by atoms with Crippen LogP contribution in [0.15, 0.2) is 48.5 Å². The van der Waals surface area contributed by atoms with Crippen LogP contribution in [0.5, 0.6) is 0 Å². The van der Waals surface area contributed by atoms with Gasteiger partial charge in [0.05, 0.1) is 11.2 Å². The summed E-state index contributed by atoms with van der Waals surface area (Å²) in [4.78, 5) is 11.5. The summed E-state index contributed by atoms with van der Waals surface area (Å²) in [5.74, 6) is -0.444. The molecule has 0 unspecified atom stereocenters. The molecule has 0 spiro atoms. The number of rotatable bonds is 3. The first-order valence-electron chi connectivity index (χ1n) is 10.0. The highest BCUT2D eigenvalue weighted by molar-refractivity contribution is 5.88. The van der Waals surface area contributed by atoms with Crippen molar-refractivity contribution in [2.24, 2.45) is 5.92 Å². The Morgan fingerprint density at radius 1 is 1.15 bits per heavy atom. The van der Waals surface area contributed by atoms with Crippen LogP contribution in [0.25, 0.3) is 0 Å². The maximum absolute atomic E-state index is 11.5. The summed E-state index contributed by atoms with van der Waals surface area (Å²) in [5, 5.41) is 20.2. The highest BCUT2D eigenvalue weighted by atomic mass is 16.4. The third-order valence-electron chi connectivity index (χ3n) is 6.83. The molecule has 2 aliphatic carbocycles. The van der Waals surface area contributed by atoms with E-state index in [1.165, 1.54) is 16.7 Å². The summed E-state index contributed by atoms with van der Waals surface area (Å²) in [5.41, 5.74) is 3.58. The van der Waals surface area contributed by atoms with Gasteiger partial charge in [-0.3, -0.25) is 0 Å². The monoisotopic (exact) mass is 364 g/mol. The fraction of sp³-hybridized carbons (Fsp3) is 0.458. The molecular formula is C24H28O3. The van der Waals surface area contributed by atoms with Crippen LogP contribution in [0, 0.1) is 5.92 Å². The summed E-state index contributed by atoms with van der Waals surface area (Å²) < 4.78 is 0. The van der Waals surface area contributed by atoms with Gasteiger partial charge in [0, 0.05) is 5.41 Å². The maximum atomic E-state index is 11.5. The highest BCUT2D eigenvalue weighted by Gasteiger charge is 2.49. The standard InChI is InChI=1S/C24H28O3/c1-23(27)12-13-24(15-17-6-3-2-4-7-17)20(16-23)9-5-8-18-14-19(22(25)26)10-11-21(18)24/h2-4,6-7,10-11,14,20,27H,5,8-9,12-13,15-16H2,1H3,(H,25,26)/t20-,23+,24+/m0/s1. The second-order valence-electron chi connectivity index (χ2n) is 8.79. The number of fused-ring (bicyclic) bond motifs is 3. The predicted octanol–water partition coefficient (Wildman–Crippen LogP) is 4.75. The molecule has 4 rings (SSSR count). The predicted molar refractivity (Wildman–Crippen MR) is 106 cm³/mol. The topological polar surface area (TPSA) is 57.5 Å². The smallest absolute Gasteiger partial charge is 0.335 e. The van der Waals surface area contributed by atoms with Crippen molar-refractivity contribution < 1.29 is 15.0 Å². The normalized spacial score (nSPS) is 30.1. The van der Waals surface area contributed by atoms with Gasteiger partial charge in [-0.1, -0.05) is 36.4 Å². The molecule has 3 atom stereocenters. The largest absolute Gasteiger partial charge is 0.478 e. The Bertz CT molecular complexity index is 840. The summed E-state index contributed by atoms with van der Waals surface area (Å²) in [7, 11) is 0. The zero-order chi connectivity index (χ0) is 19.1. The third-order valence-corrected chi connectivity index (χ3v) is 6.83. The summed E-state index contributed by atoms with van der Waals surface area (Å²) in [6.45, 7) is 1.97. The molecule has 0 radical (unpaired) electrons. The summed E-state index contributed by atoms with van der Waals surface area (Å²) >= 11 is 0. The average molecular weight is 364 g/mol. The van der Waals surface area contributed by atoms with Crippen molar-refractivity contribution in [3.8, 4) is 0 Å². The molecular weight excluding hydrogens is 336 g/mol. The lowest BCUT2D eigenvalue weighted by molar-refractivity contribution is -0.0330. The van der Waals surface area contributed by atoms with E-state index in [0.29, 0.717) is 11.5 Å². The Morgan fingerprint density at radius 3 is 2.67 bits per heavy atom. The lowest BCUT2D eigenvalue weighted by Gasteiger charge is -2.49. The Morgan fingerprint density at radius 2 is 1.93 bits per heavy atom. The molecule has 1 fully saturated rings. The molecule has 0 saturated heterocycles. The molecule has 3 nitrogen and oxygen atoms in total. The second-order valence-corrected chi connectivity index (χ2v) is 8.79. The number of benzene rings is 2. The van der Waals surface area contributed by atoms with Gasteiger partial charge in [-0.25, -0.2) is 4.79 Å². The molecule has 2 aromatic rings. The fourth-order valence-corrected chi connectivity index (χ4v) is 5.50. The quantitative estimate of drug-likeness (QED) is 0.826. The molecule has 0 aliphatic heterocycles. The highest BCUT2D eigenvalue weighted by Crippen LogP contribution is 2.53. The number of carboxylic acids is 1. The van der Waals surface area contributed by atoms with Crippen LogP contribution in [-0.4, -0.2) is 21.8 Å². The molecule has 1 saturated carbocycles. The molecule has 27 heavy (non-hydrogen) atoms. The van der Waals surface area contributed by atoms with E-state index in [9.17, 15) is 15.0 Å². The van der Waals surface area contributed by atoms with Crippen LogP contribution >= 0.6 is 0 Å². The maximum Gasteiger partial charge on any atom is 0.335 e. The number of aryl methyl sites for hydroxylation is 1. The number of aliphatic hydroxyl groups is 1. The van der Waals surface area contributed by atoms with Crippen LogP contribution < -0.4 is 0 Å². The zero-order valence-electron chi connectivity index (χ0n) is 15.9. The van der Waals surface area contributed by atoms with Crippen molar-refractivity contribution in [2.75, 3.05) is 0 Å². The Hall–Kier alpha value is -2.13. The Balaban J connectivity index is 1.84. The van der Waals surface area contributed by atoms with E-state index in [1.54, 1.807) is 6.07 Å². The molecule has 0 amide bonds. The van der Waals surface area contributed by atoms with E-state index in [2.05, 4.69) is 30.3 Å². The third kappa shape index (κ3) is 3.41. The van der Waals surface area contributed by atoms with Crippen molar-refractivity contribution in [2.45, 2.75) is 62.9 Å². The van der Waals surface area contributed by atoms with Crippen LogP contribution in [0.4, 0.5) is 0 Å². The van der Waals surface area contributed by atoms with Crippen LogP contribution in [0.1, 0.15) is 66.1 Å². The van der Waals surface area contributed by atoms with E-state index < -0.39 is 11.6 Å². The van der Waals surface area contributed by atoms with E-state index >= 15 is 0 Å². The van der Waals surface area contributed by atoms with Crippen LogP contribution in [-0.2, 0) is 18.3 Å². The second kappa shape index (κ2) is 6.79. The van der Waals surface area contributed by atoms with Gasteiger partial charge >= 0.3 is 5.97 Å². The van der Waals surface area contributed by atoms with Gasteiger partial charge in [0.15, 0.2) is 0 Å². The zero-order valence-corrected chi connectivity index (χ0v) is 15.9. The SMILES string of the molecule is C[C@@]1(O)CC[C@]2(Cc3ccccc3)c3ccc(C(=O)O)cc3CCC[C@H]2C1. The van der Waals surface area contributed by atoms with Crippen molar-refractivity contribution in [3.05, 3.63) is 70.8 Å². The van der Waals surface area contributed by atoms with Crippen LogP contribution in [0.3, 0.4) is 0 Å². The molecule has 3 heteroatoms. The lowest BCUT2D eigenvalue weighted by atomic mass is 9.56. The van der Waals surface area contributed by atoms with Gasteiger partial charge in [0.25, 0.3) is 0 Å². The minimum absolute atomic E-state index is 0.0214. The van der Waals surface area contributed by atoms with Gasteiger partial charge in [0.2, 0.25) is 0 Å². The molecule has 142 valence electrons. The number of carbonyl (C=O) groups is 1. The minimum atomic E-state index is -0.859. The number of hydrogen-bond donors (Lipinski definition) is 2. The number of carboxylic acid groups (broad SMARTS) is 1. The number of aromatic carboxylic acids is 1. The van der Waals surface area contributed by atoms with Crippen LogP contribution in [0.2, 0.25) is 0 Å². The van der Waals surface area contributed by atoms with Crippen molar-refractivity contribution >= 4 is 5.97 Å². The fourth-order valence-electron chi connectivity index (χ4n) is 5.50. The lowest BCUT2D eigenvalue weighted by Crippen LogP contribution is -2.47. The van der Waals surface area contributed by atoms with Crippen molar-refractivity contribution in [1.29, 1.82) is 0 Å². The Kier molecular flexibility index (Phi) is 4.59. The van der Waals surface area contributed by atoms with Gasteiger partial charge in [-0.15, -0.1) is 0 Å². The molecule has 2 N–H and O–H groups in total. The van der Waals surface area contributed by atoms with Gasteiger partial charge in [-0.05, 0) is 86.6 Å². The first kappa shape index (κ1) is 18.2. The van der Waals surface area contributed by atoms with Crippen molar-refractivity contribution in [3.63, 3.8) is 0 Å². The van der Waals surface area contributed by atoms with Gasteiger partial charge < -0.3 is 10.2 Å². The minimum Gasteiger partial charge on any atom is -0.478 e. The first-order valence-corrected chi connectivity index (χ1v) is 10.0. The molecule has 0 heterocycles. The first-order chi connectivity index (χ1) is 12.9. The van der Waals surface area contributed by atoms with E-state index in [1.807, 2.05) is 19.1 Å². The van der Waals surface area contributed by atoms with Gasteiger partial charge in [0.1, 0.15) is 0 Å². The van der Waals surface area contributed by atoms with Gasteiger partial charge in [-0.2, -0.15) is 0 Å².